The number of benzene rings is 2. The van der Waals surface area contributed by atoms with Crippen molar-refractivity contribution >= 4 is 26.8 Å². The number of para-hydroxylation sites is 1. The van der Waals surface area contributed by atoms with Crippen molar-refractivity contribution in [1.29, 1.82) is 0 Å². The Morgan fingerprint density at radius 3 is 2.40 bits per heavy atom. The smallest absolute Gasteiger partial charge is 0.246 e. The molecular formula is C30H35N3O6S. The highest BCUT2D eigenvalue weighted by atomic mass is 32.2. The molecule has 0 bridgehead atoms. The zero-order valence-electron chi connectivity index (χ0n) is 23.5. The molecule has 9 nitrogen and oxygen atoms in total. The normalized spacial score (nSPS) is 12.1. The van der Waals surface area contributed by atoms with E-state index in [1.165, 1.54) is 10.4 Å². The van der Waals surface area contributed by atoms with E-state index >= 15 is 0 Å². The van der Waals surface area contributed by atoms with Crippen molar-refractivity contribution in [3.63, 3.8) is 0 Å². The van der Waals surface area contributed by atoms with Gasteiger partial charge in [-0.2, -0.15) is 4.31 Å². The van der Waals surface area contributed by atoms with Crippen LogP contribution in [0.25, 0.3) is 10.9 Å². The maximum Gasteiger partial charge on any atom is 0.246 e. The summed E-state index contributed by atoms with van der Waals surface area (Å²) in [6, 6.07) is 17.7. The van der Waals surface area contributed by atoms with E-state index in [9.17, 15) is 13.2 Å². The van der Waals surface area contributed by atoms with Gasteiger partial charge in [0.25, 0.3) is 0 Å². The molecule has 0 aliphatic heterocycles. The Balaban J connectivity index is 1.63. The number of furan rings is 1. The summed E-state index contributed by atoms with van der Waals surface area (Å²) in [5, 5.41) is 0.707. The predicted octanol–water partition coefficient (Wildman–Crippen LogP) is 4.91. The Labute approximate surface area is 235 Å². The van der Waals surface area contributed by atoms with Crippen LogP contribution in [0.5, 0.6) is 11.5 Å². The van der Waals surface area contributed by atoms with E-state index in [0.717, 1.165) is 5.56 Å². The van der Waals surface area contributed by atoms with Crippen molar-refractivity contribution in [2.24, 2.45) is 0 Å². The van der Waals surface area contributed by atoms with Gasteiger partial charge in [-0.25, -0.2) is 8.42 Å². The summed E-state index contributed by atoms with van der Waals surface area (Å²) < 4.78 is 45.6. The Bertz CT molecular complexity index is 1560. The van der Waals surface area contributed by atoms with Crippen LogP contribution in [-0.2, 0) is 27.8 Å². The lowest BCUT2D eigenvalue weighted by Gasteiger charge is -2.35. The molecular weight excluding hydrogens is 530 g/mol. The van der Waals surface area contributed by atoms with E-state index in [4.69, 9.17) is 13.9 Å². The van der Waals surface area contributed by atoms with Crippen LogP contribution in [0.3, 0.4) is 0 Å². The number of sulfonamides is 1. The summed E-state index contributed by atoms with van der Waals surface area (Å²) in [6.45, 7) is 5.52. The third-order valence-electron chi connectivity index (χ3n) is 6.59. The van der Waals surface area contributed by atoms with Gasteiger partial charge in [0.1, 0.15) is 10.7 Å². The van der Waals surface area contributed by atoms with Crippen LogP contribution in [0.2, 0.25) is 0 Å². The van der Waals surface area contributed by atoms with Crippen molar-refractivity contribution in [3.8, 4) is 11.5 Å². The number of hydrogen-bond donors (Lipinski definition) is 0. The number of methoxy groups -OCH3 is 2. The van der Waals surface area contributed by atoms with E-state index in [1.807, 2.05) is 30.3 Å². The Kier molecular flexibility index (Phi) is 8.80. The van der Waals surface area contributed by atoms with Crippen LogP contribution >= 0.6 is 0 Å². The summed E-state index contributed by atoms with van der Waals surface area (Å²) in [4.78, 5) is 19.8. The summed E-state index contributed by atoms with van der Waals surface area (Å²) in [7, 11) is -0.945. The number of ether oxygens (including phenoxy) is 2. The number of rotatable bonds is 11. The van der Waals surface area contributed by atoms with E-state index in [-0.39, 0.29) is 23.9 Å². The molecule has 2 aromatic heterocycles. The fourth-order valence-corrected chi connectivity index (χ4v) is 6.40. The zero-order valence-corrected chi connectivity index (χ0v) is 24.3. The fourth-order valence-electron chi connectivity index (χ4n) is 4.49. The second kappa shape index (κ2) is 12.1. The number of carbonyl (C=O) groups excluding carboxylic acids is 1. The van der Waals surface area contributed by atoms with Crippen LogP contribution in [0, 0.1) is 0 Å². The van der Waals surface area contributed by atoms with Gasteiger partial charge < -0.3 is 18.8 Å². The highest BCUT2D eigenvalue weighted by Gasteiger charge is 2.37. The van der Waals surface area contributed by atoms with Gasteiger partial charge in [-0.05, 0) is 69.2 Å². The quantitative estimate of drug-likeness (QED) is 0.255. The van der Waals surface area contributed by atoms with Crippen molar-refractivity contribution in [2.45, 2.75) is 44.2 Å². The molecule has 0 N–H and O–H groups in total. The minimum atomic E-state index is -4.09. The predicted molar refractivity (Wildman–Crippen MR) is 153 cm³/mol. The maximum atomic E-state index is 14.0. The second-order valence-corrected chi connectivity index (χ2v) is 12.2. The number of carbonyl (C=O) groups is 1. The van der Waals surface area contributed by atoms with Gasteiger partial charge in [-0.1, -0.05) is 24.3 Å². The van der Waals surface area contributed by atoms with Gasteiger partial charge in [0, 0.05) is 23.7 Å². The number of aromatic nitrogens is 1. The molecule has 0 saturated heterocycles. The third-order valence-corrected chi connectivity index (χ3v) is 8.73. The molecule has 0 fully saturated rings. The van der Waals surface area contributed by atoms with E-state index in [1.54, 1.807) is 76.6 Å². The minimum absolute atomic E-state index is 0.0660. The molecule has 0 unspecified atom stereocenters. The number of nitrogens with zero attached hydrogens (tertiary/aromatic N) is 3. The summed E-state index contributed by atoms with van der Waals surface area (Å²) in [5.41, 5.74) is 0.426. The monoisotopic (exact) mass is 565 g/mol. The van der Waals surface area contributed by atoms with Gasteiger partial charge in [0.05, 0.1) is 39.1 Å². The molecule has 2 heterocycles. The molecule has 4 aromatic rings. The van der Waals surface area contributed by atoms with Gasteiger partial charge in [-0.3, -0.25) is 9.78 Å². The first-order chi connectivity index (χ1) is 19.0. The average Bonchev–Trinajstić information content (AvgIpc) is 3.45. The molecule has 0 radical (unpaired) electrons. The van der Waals surface area contributed by atoms with Gasteiger partial charge >= 0.3 is 0 Å². The highest BCUT2D eigenvalue weighted by molar-refractivity contribution is 7.89. The van der Waals surface area contributed by atoms with Crippen molar-refractivity contribution < 1.29 is 27.1 Å². The molecule has 0 spiro atoms. The van der Waals surface area contributed by atoms with Crippen LogP contribution in [0.1, 0.15) is 32.1 Å². The molecule has 10 heteroatoms. The van der Waals surface area contributed by atoms with Crippen LogP contribution < -0.4 is 9.47 Å². The average molecular weight is 566 g/mol. The SMILES string of the molecule is COc1ccc(CCN(Cc2ccco2)C(=O)CN(C(C)(C)C)S(=O)(=O)c2cccc3cccnc23)cc1OC. The summed E-state index contributed by atoms with van der Waals surface area (Å²) in [6.07, 6.45) is 3.63. The molecule has 2 aromatic carbocycles. The number of amides is 1. The van der Waals surface area contributed by atoms with Gasteiger partial charge in [0.15, 0.2) is 11.5 Å². The lowest BCUT2D eigenvalue weighted by atomic mass is 10.1. The molecule has 0 aliphatic rings. The van der Waals surface area contributed by atoms with Crippen LogP contribution in [0.4, 0.5) is 0 Å². The van der Waals surface area contributed by atoms with Crippen molar-refractivity contribution in [1.82, 2.24) is 14.2 Å². The molecule has 4 rings (SSSR count). The molecule has 212 valence electrons. The standard InChI is InChI=1S/C30H35N3O6S/c1-30(2,3)33(40(35,36)27-12-6-9-23-10-7-16-31-29(23)27)21-28(34)32(20-24-11-8-18-39-24)17-15-22-13-14-25(37-4)26(19-22)38-5/h6-14,16,18-19H,15,17,20-21H2,1-5H3. The second-order valence-electron chi connectivity index (χ2n) is 10.3. The topological polar surface area (TPSA) is 102 Å². The lowest BCUT2D eigenvalue weighted by Crippen LogP contribution is -2.51. The highest BCUT2D eigenvalue weighted by Crippen LogP contribution is 2.30. The van der Waals surface area contributed by atoms with Crippen molar-refractivity contribution in [2.75, 3.05) is 27.3 Å². The van der Waals surface area contributed by atoms with Crippen LogP contribution in [0.15, 0.2) is 82.4 Å². The first-order valence-electron chi connectivity index (χ1n) is 12.9. The van der Waals surface area contributed by atoms with Crippen molar-refractivity contribution in [3.05, 3.63) is 84.4 Å². The fraction of sp³-hybridized carbons (Fsp3) is 0.333. The summed E-state index contributed by atoms with van der Waals surface area (Å²) in [5.74, 6) is 1.47. The summed E-state index contributed by atoms with van der Waals surface area (Å²) >= 11 is 0. The largest absolute Gasteiger partial charge is 0.493 e. The van der Waals surface area contributed by atoms with Gasteiger partial charge in [-0.15, -0.1) is 0 Å². The zero-order chi connectivity index (χ0) is 28.9. The van der Waals surface area contributed by atoms with E-state index in [2.05, 4.69) is 4.98 Å². The first-order valence-corrected chi connectivity index (χ1v) is 14.4. The van der Waals surface area contributed by atoms with E-state index in [0.29, 0.717) is 41.1 Å². The Morgan fingerprint density at radius 1 is 0.975 bits per heavy atom. The Hall–Kier alpha value is -3.89. The molecule has 1 amide bonds. The number of fused-ring (bicyclic) bond motifs is 1. The lowest BCUT2D eigenvalue weighted by molar-refractivity contribution is -0.133. The van der Waals surface area contributed by atoms with Gasteiger partial charge in [0.2, 0.25) is 15.9 Å². The van der Waals surface area contributed by atoms with E-state index < -0.39 is 15.6 Å². The Morgan fingerprint density at radius 2 is 1.73 bits per heavy atom. The maximum absolute atomic E-state index is 14.0. The first kappa shape index (κ1) is 29.1. The molecule has 0 aliphatic carbocycles. The molecule has 0 atom stereocenters. The number of pyridine rings is 1. The minimum Gasteiger partial charge on any atom is -0.493 e. The molecule has 0 saturated carbocycles. The molecule has 40 heavy (non-hydrogen) atoms. The third kappa shape index (κ3) is 6.46. The number of hydrogen-bond acceptors (Lipinski definition) is 7. The van der Waals surface area contributed by atoms with Crippen LogP contribution in [-0.4, -0.2) is 61.4 Å².